The Balaban J connectivity index is 0.985. The minimum absolute atomic E-state index is 0.00137. The fourth-order valence-corrected chi connectivity index (χ4v) is 10.5. The summed E-state index contributed by atoms with van der Waals surface area (Å²) in [5.74, 6) is 0.797. The first-order chi connectivity index (χ1) is 20.3. The Kier molecular flexibility index (Phi) is 5.92. The standard InChI is InChI=1S/C32H29N3O5S2/c36-26-7-5-23(29(38)33-26)35-30(39)22-2-1-3-25(27(22)31(35)40)41-15-21-12-19-11-18(4-6-24(19)42-21)28(37)34-32-13-16-8-17(14-32)10-20(32)9-16/h1-4,6,11-12,16-17,20,23H,5,7-10,13-15H2,(H,34,37)(H,33,36,38). The molecule has 3 atom stereocenters. The molecule has 4 bridgehead atoms. The fraction of sp³-hybridized carbons (Fsp3) is 0.406. The summed E-state index contributed by atoms with van der Waals surface area (Å²) in [6.45, 7) is 0. The number of thiophene rings is 1. The van der Waals surface area contributed by atoms with Crippen molar-refractivity contribution in [3.8, 4) is 0 Å². The molecule has 4 aliphatic carbocycles. The number of thioether (sulfide) groups is 1. The third-order valence-corrected chi connectivity index (χ3v) is 12.4. The molecule has 2 aromatic carbocycles. The van der Waals surface area contributed by atoms with E-state index in [1.165, 1.54) is 31.0 Å². The summed E-state index contributed by atoms with van der Waals surface area (Å²) in [5.41, 5.74) is 1.29. The average Bonchev–Trinajstić information content (AvgIpc) is 3.63. The Labute approximate surface area is 250 Å². The number of hydrogen-bond donors (Lipinski definition) is 2. The zero-order valence-electron chi connectivity index (χ0n) is 22.8. The average molecular weight is 600 g/mol. The van der Waals surface area contributed by atoms with Crippen LogP contribution in [0, 0.1) is 17.8 Å². The van der Waals surface area contributed by atoms with E-state index in [-0.39, 0.29) is 29.9 Å². The van der Waals surface area contributed by atoms with Gasteiger partial charge in [-0.1, -0.05) is 6.07 Å². The van der Waals surface area contributed by atoms with E-state index < -0.39 is 29.7 Å². The molecule has 5 amide bonds. The van der Waals surface area contributed by atoms with Crippen molar-refractivity contribution in [1.82, 2.24) is 15.5 Å². The minimum atomic E-state index is -0.986. The molecule has 10 heteroatoms. The molecular weight excluding hydrogens is 571 g/mol. The number of carbonyl (C=O) groups is 5. The second-order valence-corrected chi connectivity index (χ2v) is 14.7. The van der Waals surface area contributed by atoms with Crippen molar-refractivity contribution in [2.24, 2.45) is 17.8 Å². The van der Waals surface area contributed by atoms with E-state index >= 15 is 0 Å². The van der Waals surface area contributed by atoms with E-state index in [1.807, 2.05) is 24.3 Å². The van der Waals surface area contributed by atoms with Crippen molar-refractivity contribution in [2.75, 3.05) is 0 Å². The highest BCUT2D eigenvalue weighted by Crippen LogP contribution is 2.60. The van der Waals surface area contributed by atoms with Crippen LogP contribution >= 0.6 is 23.1 Å². The summed E-state index contributed by atoms with van der Waals surface area (Å²) in [6, 6.07) is 12.2. The number of carbonyl (C=O) groups excluding carboxylic acids is 5. The van der Waals surface area contributed by atoms with Crippen LogP contribution in [0.4, 0.5) is 0 Å². The molecule has 4 saturated carbocycles. The lowest BCUT2D eigenvalue weighted by molar-refractivity contribution is -0.136. The number of nitrogens with one attached hydrogen (secondary N) is 2. The first-order valence-corrected chi connectivity index (χ1v) is 16.4. The first-order valence-electron chi connectivity index (χ1n) is 14.6. The smallest absolute Gasteiger partial charge is 0.263 e. The van der Waals surface area contributed by atoms with Gasteiger partial charge in [-0.3, -0.25) is 34.2 Å². The van der Waals surface area contributed by atoms with Crippen LogP contribution in [0.15, 0.2) is 47.4 Å². The predicted octanol–water partition coefficient (Wildman–Crippen LogP) is 4.90. The number of imide groups is 2. The molecule has 3 aromatic rings. The Hall–Kier alpha value is -3.50. The van der Waals surface area contributed by atoms with Crippen molar-refractivity contribution in [3.63, 3.8) is 0 Å². The van der Waals surface area contributed by atoms with Crippen LogP contribution in [0.1, 0.15) is 80.9 Å². The molecule has 9 rings (SSSR count). The number of hydrogen-bond acceptors (Lipinski definition) is 7. The number of benzene rings is 2. The summed E-state index contributed by atoms with van der Waals surface area (Å²) >= 11 is 3.12. The molecular formula is C32H29N3O5S2. The van der Waals surface area contributed by atoms with Gasteiger partial charge in [-0.25, -0.2) is 0 Å². The Morgan fingerprint density at radius 1 is 1.02 bits per heavy atom. The van der Waals surface area contributed by atoms with Crippen LogP contribution < -0.4 is 10.6 Å². The Morgan fingerprint density at radius 2 is 1.83 bits per heavy atom. The van der Waals surface area contributed by atoms with Gasteiger partial charge in [0.15, 0.2) is 0 Å². The molecule has 42 heavy (non-hydrogen) atoms. The van der Waals surface area contributed by atoms with Crippen molar-refractivity contribution in [2.45, 2.75) is 67.2 Å². The van der Waals surface area contributed by atoms with Crippen LogP contribution in [0.5, 0.6) is 0 Å². The molecule has 3 unspecified atom stereocenters. The largest absolute Gasteiger partial charge is 0.346 e. The highest BCUT2D eigenvalue weighted by Gasteiger charge is 2.58. The zero-order chi connectivity index (χ0) is 28.7. The number of fused-ring (bicyclic) bond motifs is 2. The lowest BCUT2D eigenvalue weighted by atomic mass is 9.80. The van der Waals surface area contributed by atoms with E-state index in [0.29, 0.717) is 27.7 Å². The first kappa shape index (κ1) is 26.2. The molecule has 214 valence electrons. The number of piperidine rings is 1. The van der Waals surface area contributed by atoms with E-state index in [4.69, 9.17) is 0 Å². The van der Waals surface area contributed by atoms with Crippen LogP contribution in [0.3, 0.4) is 0 Å². The molecule has 0 spiro atoms. The van der Waals surface area contributed by atoms with Gasteiger partial charge in [0.25, 0.3) is 17.7 Å². The zero-order valence-corrected chi connectivity index (χ0v) is 24.4. The molecule has 1 aromatic heterocycles. The lowest BCUT2D eigenvalue weighted by Gasteiger charge is -2.34. The fourth-order valence-electron chi connectivity index (χ4n) is 8.36. The summed E-state index contributed by atoms with van der Waals surface area (Å²) in [7, 11) is 0. The maximum Gasteiger partial charge on any atom is 0.263 e. The summed E-state index contributed by atoms with van der Waals surface area (Å²) in [5, 5.41) is 6.73. The van der Waals surface area contributed by atoms with Gasteiger partial charge in [0.2, 0.25) is 11.8 Å². The highest BCUT2D eigenvalue weighted by atomic mass is 32.2. The summed E-state index contributed by atoms with van der Waals surface area (Å²) in [4.78, 5) is 66.7. The SMILES string of the molecule is O=C1CCC(N2C(=O)c3cccc(SCc4cc5cc(C(=O)NC67CC8CC(CC6C8)C7)ccc5s4)c3C2=O)C(=O)N1. The third kappa shape index (κ3) is 4.06. The van der Waals surface area contributed by atoms with Crippen molar-refractivity contribution >= 4 is 62.7 Å². The summed E-state index contributed by atoms with van der Waals surface area (Å²) < 4.78 is 1.09. The molecule has 3 heterocycles. The van der Waals surface area contributed by atoms with Gasteiger partial charge in [0, 0.05) is 37.7 Å². The van der Waals surface area contributed by atoms with Gasteiger partial charge < -0.3 is 5.32 Å². The van der Waals surface area contributed by atoms with Gasteiger partial charge >= 0.3 is 0 Å². The predicted molar refractivity (Wildman–Crippen MR) is 158 cm³/mol. The molecule has 2 N–H and O–H groups in total. The monoisotopic (exact) mass is 599 g/mol. The second kappa shape index (κ2) is 9.50. The lowest BCUT2D eigenvalue weighted by Crippen LogP contribution is -2.54. The molecule has 1 saturated heterocycles. The van der Waals surface area contributed by atoms with Gasteiger partial charge in [-0.2, -0.15) is 0 Å². The van der Waals surface area contributed by atoms with Crippen LogP contribution in [0.25, 0.3) is 10.1 Å². The molecule has 6 aliphatic rings. The van der Waals surface area contributed by atoms with E-state index in [1.54, 1.807) is 23.5 Å². The van der Waals surface area contributed by atoms with Crippen LogP contribution in [-0.4, -0.2) is 46.0 Å². The molecule has 0 radical (unpaired) electrons. The maximum atomic E-state index is 13.4. The van der Waals surface area contributed by atoms with Gasteiger partial charge in [-0.15, -0.1) is 23.1 Å². The van der Waals surface area contributed by atoms with Crippen LogP contribution in [0.2, 0.25) is 0 Å². The van der Waals surface area contributed by atoms with Gasteiger partial charge in [-0.05, 0) is 98.1 Å². The molecule has 5 fully saturated rings. The summed E-state index contributed by atoms with van der Waals surface area (Å²) in [6.07, 6.45) is 6.34. The Bertz CT molecular complexity index is 1720. The highest BCUT2D eigenvalue weighted by molar-refractivity contribution is 7.98. The maximum absolute atomic E-state index is 13.4. The van der Waals surface area contributed by atoms with E-state index in [9.17, 15) is 24.0 Å². The van der Waals surface area contributed by atoms with Crippen LogP contribution in [-0.2, 0) is 15.3 Å². The van der Waals surface area contributed by atoms with E-state index in [0.717, 1.165) is 44.5 Å². The van der Waals surface area contributed by atoms with Crippen molar-refractivity contribution in [1.29, 1.82) is 0 Å². The van der Waals surface area contributed by atoms with E-state index in [2.05, 4.69) is 16.7 Å². The minimum Gasteiger partial charge on any atom is -0.346 e. The second-order valence-electron chi connectivity index (χ2n) is 12.5. The Morgan fingerprint density at radius 3 is 2.62 bits per heavy atom. The molecule has 8 nitrogen and oxygen atoms in total. The number of rotatable bonds is 6. The van der Waals surface area contributed by atoms with Crippen molar-refractivity contribution < 1.29 is 24.0 Å². The third-order valence-electron chi connectivity index (χ3n) is 9.98. The van der Waals surface area contributed by atoms with Crippen molar-refractivity contribution in [3.05, 3.63) is 64.0 Å². The quantitative estimate of drug-likeness (QED) is 0.308. The number of nitrogens with zero attached hydrogens (tertiary/aromatic N) is 1. The topological polar surface area (TPSA) is 113 Å². The van der Waals surface area contributed by atoms with Gasteiger partial charge in [0.05, 0.1) is 11.1 Å². The van der Waals surface area contributed by atoms with Gasteiger partial charge in [0.1, 0.15) is 6.04 Å². The number of amides is 5. The molecule has 2 aliphatic heterocycles. The normalized spacial score (nSPS) is 29.5.